The Morgan fingerprint density at radius 3 is 2.75 bits per heavy atom. The van der Waals surface area contributed by atoms with Gasteiger partial charge in [0.1, 0.15) is 0 Å². The van der Waals surface area contributed by atoms with Crippen LogP contribution in [0.4, 0.5) is 0 Å². The molecule has 0 radical (unpaired) electrons. The molecule has 0 amide bonds. The molecule has 0 aromatic heterocycles. The Balaban J connectivity index is 2.18. The minimum absolute atomic E-state index is 0.111. The predicted octanol–water partition coefficient (Wildman–Crippen LogP) is 1.49. The van der Waals surface area contributed by atoms with Crippen molar-refractivity contribution in [3.63, 3.8) is 0 Å². The van der Waals surface area contributed by atoms with Crippen LogP contribution in [0.2, 0.25) is 0 Å². The maximum absolute atomic E-state index is 9.44. The highest BCUT2D eigenvalue weighted by atomic mass is 16.3. The standard InChI is InChI=1S/C10H21NO/c1-3-9-5-6-11(7-9)8-10(12)4-2/h9-10,12H,3-8H2,1-2H3. The molecular formula is C10H21NO. The van der Waals surface area contributed by atoms with Crippen molar-refractivity contribution in [1.29, 1.82) is 0 Å². The molecule has 0 bridgehead atoms. The third kappa shape index (κ3) is 2.76. The minimum Gasteiger partial charge on any atom is -0.392 e. The van der Waals surface area contributed by atoms with Crippen molar-refractivity contribution in [3.05, 3.63) is 0 Å². The van der Waals surface area contributed by atoms with E-state index >= 15 is 0 Å². The van der Waals surface area contributed by atoms with Gasteiger partial charge in [-0.25, -0.2) is 0 Å². The first-order valence-electron chi connectivity index (χ1n) is 5.16. The summed E-state index contributed by atoms with van der Waals surface area (Å²) in [7, 11) is 0. The van der Waals surface area contributed by atoms with E-state index in [4.69, 9.17) is 0 Å². The van der Waals surface area contributed by atoms with Crippen molar-refractivity contribution in [2.75, 3.05) is 19.6 Å². The first-order valence-corrected chi connectivity index (χ1v) is 5.16. The van der Waals surface area contributed by atoms with Gasteiger partial charge in [0.05, 0.1) is 6.10 Å². The van der Waals surface area contributed by atoms with Crippen LogP contribution in [-0.2, 0) is 0 Å². The number of aliphatic hydroxyl groups excluding tert-OH is 1. The van der Waals surface area contributed by atoms with Gasteiger partial charge in [-0.3, -0.25) is 0 Å². The summed E-state index contributed by atoms with van der Waals surface area (Å²) in [6, 6.07) is 0. The molecule has 72 valence electrons. The molecule has 12 heavy (non-hydrogen) atoms. The van der Waals surface area contributed by atoms with E-state index in [1.807, 2.05) is 6.92 Å². The van der Waals surface area contributed by atoms with Gasteiger partial charge < -0.3 is 10.0 Å². The Morgan fingerprint density at radius 1 is 1.50 bits per heavy atom. The molecule has 2 heteroatoms. The van der Waals surface area contributed by atoms with Crippen LogP contribution in [0.3, 0.4) is 0 Å². The third-order valence-electron chi connectivity index (χ3n) is 2.89. The highest BCUT2D eigenvalue weighted by molar-refractivity contribution is 4.75. The molecule has 1 aliphatic heterocycles. The van der Waals surface area contributed by atoms with E-state index in [-0.39, 0.29) is 6.10 Å². The maximum atomic E-state index is 9.44. The van der Waals surface area contributed by atoms with E-state index < -0.39 is 0 Å². The summed E-state index contributed by atoms with van der Waals surface area (Å²) in [6.45, 7) is 7.57. The molecule has 1 aliphatic rings. The van der Waals surface area contributed by atoms with Gasteiger partial charge in [0.2, 0.25) is 0 Å². The molecular weight excluding hydrogens is 150 g/mol. The molecule has 1 rings (SSSR count). The Kier molecular flexibility index (Phi) is 4.02. The van der Waals surface area contributed by atoms with Gasteiger partial charge in [-0.1, -0.05) is 20.3 Å². The Labute approximate surface area is 75.6 Å². The first kappa shape index (κ1) is 10.0. The third-order valence-corrected chi connectivity index (χ3v) is 2.89. The molecule has 0 aromatic carbocycles. The molecule has 0 aliphatic carbocycles. The summed E-state index contributed by atoms with van der Waals surface area (Å²) < 4.78 is 0. The van der Waals surface area contributed by atoms with Crippen LogP contribution in [0, 0.1) is 5.92 Å². The average molecular weight is 171 g/mol. The lowest BCUT2D eigenvalue weighted by Gasteiger charge is -2.18. The number of rotatable bonds is 4. The van der Waals surface area contributed by atoms with E-state index in [0.29, 0.717) is 0 Å². The van der Waals surface area contributed by atoms with Gasteiger partial charge in [0, 0.05) is 13.1 Å². The van der Waals surface area contributed by atoms with Gasteiger partial charge in [0.25, 0.3) is 0 Å². The highest BCUT2D eigenvalue weighted by Gasteiger charge is 2.21. The summed E-state index contributed by atoms with van der Waals surface area (Å²) in [5, 5.41) is 9.44. The van der Waals surface area contributed by atoms with Crippen molar-refractivity contribution in [3.8, 4) is 0 Å². The Hall–Kier alpha value is -0.0800. The fourth-order valence-electron chi connectivity index (χ4n) is 1.84. The molecule has 0 spiro atoms. The van der Waals surface area contributed by atoms with E-state index in [9.17, 15) is 5.11 Å². The quantitative estimate of drug-likeness (QED) is 0.692. The fraction of sp³-hybridized carbons (Fsp3) is 1.00. The lowest BCUT2D eigenvalue weighted by Crippen LogP contribution is -2.30. The lowest BCUT2D eigenvalue weighted by atomic mass is 10.1. The van der Waals surface area contributed by atoms with Gasteiger partial charge in [-0.2, -0.15) is 0 Å². The first-order chi connectivity index (χ1) is 5.76. The van der Waals surface area contributed by atoms with Crippen LogP contribution in [0.5, 0.6) is 0 Å². The number of nitrogens with zero attached hydrogens (tertiary/aromatic N) is 1. The van der Waals surface area contributed by atoms with E-state index in [0.717, 1.165) is 18.9 Å². The number of β-amino-alcohol motifs (C(OH)–C–C–N with tert-alkyl or cyclic N) is 1. The SMILES string of the molecule is CCC(O)CN1CCC(CC)C1. The monoisotopic (exact) mass is 171 g/mol. The van der Waals surface area contributed by atoms with Crippen molar-refractivity contribution in [1.82, 2.24) is 4.90 Å². The molecule has 1 N–H and O–H groups in total. The Bertz CT molecular complexity index is 127. The van der Waals surface area contributed by atoms with Gasteiger partial charge in [-0.15, -0.1) is 0 Å². The highest BCUT2D eigenvalue weighted by Crippen LogP contribution is 2.19. The minimum atomic E-state index is -0.111. The maximum Gasteiger partial charge on any atom is 0.0664 e. The van der Waals surface area contributed by atoms with Crippen LogP contribution in [0.15, 0.2) is 0 Å². The summed E-state index contributed by atoms with van der Waals surface area (Å²) in [6.07, 6.45) is 3.39. The molecule has 1 saturated heterocycles. The predicted molar refractivity (Wildman–Crippen MR) is 51.1 cm³/mol. The van der Waals surface area contributed by atoms with E-state index in [1.54, 1.807) is 0 Å². The zero-order valence-corrected chi connectivity index (χ0v) is 8.29. The van der Waals surface area contributed by atoms with E-state index in [1.165, 1.54) is 25.9 Å². The molecule has 2 atom stereocenters. The summed E-state index contributed by atoms with van der Waals surface area (Å²) in [4.78, 5) is 2.39. The molecule has 1 heterocycles. The molecule has 0 saturated carbocycles. The largest absolute Gasteiger partial charge is 0.392 e. The van der Waals surface area contributed by atoms with Gasteiger partial charge in [-0.05, 0) is 25.3 Å². The van der Waals surface area contributed by atoms with Crippen molar-refractivity contribution >= 4 is 0 Å². The van der Waals surface area contributed by atoms with Crippen molar-refractivity contribution in [2.24, 2.45) is 5.92 Å². The summed E-state index contributed by atoms with van der Waals surface area (Å²) in [5.74, 6) is 0.883. The second-order valence-electron chi connectivity index (χ2n) is 3.88. The molecule has 2 unspecified atom stereocenters. The smallest absolute Gasteiger partial charge is 0.0664 e. The van der Waals surface area contributed by atoms with Gasteiger partial charge >= 0.3 is 0 Å². The Morgan fingerprint density at radius 2 is 2.25 bits per heavy atom. The lowest BCUT2D eigenvalue weighted by molar-refractivity contribution is 0.119. The number of hydrogen-bond donors (Lipinski definition) is 1. The number of likely N-dealkylation sites (tertiary alicyclic amines) is 1. The summed E-state index contributed by atoms with van der Waals surface area (Å²) >= 11 is 0. The van der Waals surface area contributed by atoms with Crippen molar-refractivity contribution < 1.29 is 5.11 Å². The van der Waals surface area contributed by atoms with Crippen LogP contribution in [0.25, 0.3) is 0 Å². The zero-order valence-electron chi connectivity index (χ0n) is 8.29. The van der Waals surface area contributed by atoms with Crippen LogP contribution < -0.4 is 0 Å². The fourth-order valence-corrected chi connectivity index (χ4v) is 1.84. The normalized spacial score (nSPS) is 27.8. The van der Waals surface area contributed by atoms with Crippen LogP contribution >= 0.6 is 0 Å². The number of hydrogen-bond acceptors (Lipinski definition) is 2. The van der Waals surface area contributed by atoms with Crippen LogP contribution in [0.1, 0.15) is 33.1 Å². The zero-order chi connectivity index (χ0) is 8.97. The second-order valence-corrected chi connectivity index (χ2v) is 3.88. The van der Waals surface area contributed by atoms with Gasteiger partial charge in [0.15, 0.2) is 0 Å². The van der Waals surface area contributed by atoms with Crippen molar-refractivity contribution in [2.45, 2.75) is 39.2 Å². The molecule has 0 aromatic rings. The summed E-state index contributed by atoms with van der Waals surface area (Å²) in [5.41, 5.74) is 0. The number of aliphatic hydroxyl groups is 1. The topological polar surface area (TPSA) is 23.5 Å². The second kappa shape index (κ2) is 4.83. The molecule has 1 fully saturated rings. The average Bonchev–Trinajstić information content (AvgIpc) is 2.52. The van der Waals surface area contributed by atoms with E-state index in [2.05, 4.69) is 11.8 Å². The van der Waals surface area contributed by atoms with Crippen LogP contribution in [-0.4, -0.2) is 35.7 Å². The molecule has 2 nitrogen and oxygen atoms in total.